The number of carboxylic acid groups (broad SMARTS) is 1. The van der Waals surface area contributed by atoms with Crippen molar-refractivity contribution in [1.82, 2.24) is 5.32 Å². The number of benzene rings is 1. The van der Waals surface area contributed by atoms with Crippen molar-refractivity contribution in [3.8, 4) is 0 Å². The Balaban J connectivity index is 2.88. The topological polar surface area (TPSA) is 66.4 Å². The Morgan fingerprint density at radius 2 is 1.79 bits per heavy atom. The van der Waals surface area contributed by atoms with Crippen LogP contribution in [0.1, 0.15) is 43.1 Å². The molecule has 0 bridgehead atoms. The van der Waals surface area contributed by atoms with E-state index in [0.717, 1.165) is 5.56 Å². The quantitative estimate of drug-likeness (QED) is 0.858. The summed E-state index contributed by atoms with van der Waals surface area (Å²) >= 11 is 0. The third-order valence-corrected chi connectivity index (χ3v) is 3.51. The predicted molar refractivity (Wildman–Crippen MR) is 74.1 cm³/mol. The van der Waals surface area contributed by atoms with Crippen LogP contribution >= 0.6 is 0 Å². The van der Waals surface area contributed by atoms with Gasteiger partial charge in [0.2, 0.25) is 0 Å². The average molecular weight is 263 g/mol. The van der Waals surface area contributed by atoms with Gasteiger partial charge >= 0.3 is 5.97 Å². The number of carbonyl (C=O) groups is 2. The summed E-state index contributed by atoms with van der Waals surface area (Å²) in [6, 6.07) is 7.20. The predicted octanol–water partition coefficient (Wildman–Crippen LogP) is 2.61. The summed E-state index contributed by atoms with van der Waals surface area (Å²) in [6.45, 7) is 7.51. The van der Waals surface area contributed by atoms with Crippen molar-refractivity contribution >= 4 is 11.9 Å². The normalized spacial score (nSPS) is 13.9. The number of aryl methyl sites for hydroxylation is 1. The van der Waals surface area contributed by atoms with E-state index in [9.17, 15) is 9.59 Å². The Morgan fingerprint density at radius 1 is 1.26 bits per heavy atom. The molecule has 1 atom stereocenters. The summed E-state index contributed by atoms with van der Waals surface area (Å²) in [5.74, 6) is -1.13. The largest absolute Gasteiger partial charge is 0.481 e. The minimum Gasteiger partial charge on any atom is -0.481 e. The second-order valence-electron chi connectivity index (χ2n) is 5.46. The minimum atomic E-state index is -0.916. The Labute approximate surface area is 113 Å². The van der Waals surface area contributed by atoms with Crippen LogP contribution in [0.25, 0.3) is 0 Å². The Bertz CT molecular complexity index is 465. The van der Waals surface area contributed by atoms with Crippen LogP contribution in [0.5, 0.6) is 0 Å². The molecule has 0 saturated carbocycles. The molecule has 1 amide bonds. The third kappa shape index (κ3) is 4.09. The van der Waals surface area contributed by atoms with Gasteiger partial charge in [-0.2, -0.15) is 0 Å². The number of carbonyl (C=O) groups excluding carboxylic acids is 1. The fraction of sp³-hybridized carbons (Fsp3) is 0.467. The van der Waals surface area contributed by atoms with Crippen molar-refractivity contribution in [1.29, 1.82) is 0 Å². The van der Waals surface area contributed by atoms with Crippen LogP contribution in [0.15, 0.2) is 24.3 Å². The molecule has 0 heterocycles. The summed E-state index contributed by atoms with van der Waals surface area (Å²) in [6.07, 6.45) is -0.0950. The molecule has 0 aliphatic carbocycles. The summed E-state index contributed by atoms with van der Waals surface area (Å²) in [5.41, 5.74) is 0.866. The molecule has 0 aliphatic heterocycles. The van der Waals surface area contributed by atoms with Crippen LogP contribution in [-0.2, 0) is 4.79 Å². The van der Waals surface area contributed by atoms with Gasteiger partial charge in [-0.1, -0.05) is 31.5 Å². The highest BCUT2D eigenvalue weighted by atomic mass is 16.4. The molecule has 1 aromatic carbocycles. The molecule has 0 radical (unpaired) electrons. The summed E-state index contributed by atoms with van der Waals surface area (Å²) < 4.78 is 0. The SMILES string of the molecule is Cc1ccc(C(=O)NC(C)(CC(=O)O)C(C)C)cc1. The maximum atomic E-state index is 12.2. The molecule has 0 aliphatic rings. The van der Waals surface area contributed by atoms with Crippen molar-refractivity contribution in [3.63, 3.8) is 0 Å². The van der Waals surface area contributed by atoms with E-state index in [1.54, 1.807) is 19.1 Å². The highest BCUT2D eigenvalue weighted by Gasteiger charge is 2.33. The van der Waals surface area contributed by atoms with Crippen molar-refractivity contribution in [2.45, 2.75) is 39.7 Å². The number of hydrogen-bond acceptors (Lipinski definition) is 2. The molecule has 1 unspecified atom stereocenters. The monoisotopic (exact) mass is 263 g/mol. The molecular weight excluding hydrogens is 242 g/mol. The maximum Gasteiger partial charge on any atom is 0.305 e. The van der Waals surface area contributed by atoms with Gasteiger partial charge in [-0.3, -0.25) is 9.59 Å². The van der Waals surface area contributed by atoms with Gasteiger partial charge in [0, 0.05) is 5.56 Å². The average Bonchev–Trinajstić information content (AvgIpc) is 2.28. The molecule has 104 valence electrons. The van der Waals surface area contributed by atoms with Crippen LogP contribution in [0.3, 0.4) is 0 Å². The molecule has 19 heavy (non-hydrogen) atoms. The molecule has 0 aromatic heterocycles. The standard InChI is InChI=1S/C15H21NO3/c1-10(2)15(4,9-13(17)18)16-14(19)12-7-5-11(3)6-8-12/h5-8,10H,9H2,1-4H3,(H,16,19)(H,17,18). The first kappa shape index (κ1) is 15.2. The third-order valence-electron chi connectivity index (χ3n) is 3.51. The Kier molecular flexibility index (Phi) is 4.70. The highest BCUT2D eigenvalue weighted by molar-refractivity contribution is 5.95. The van der Waals surface area contributed by atoms with Crippen LogP contribution in [-0.4, -0.2) is 22.5 Å². The summed E-state index contributed by atoms with van der Waals surface area (Å²) in [4.78, 5) is 23.1. The number of nitrogens with one attached hydrogen (secondary N) is 1. The lowest BCUT2D eigenvalue weighted by Crippen LogP contribution is -2.51. The lowest BCUT2D eigenvalue weighted by atomic mass is 9.85. The van der Waals surface area contributed by atoms with Gasteiger partial charge < -0.3 is 10.4 Å². The van der Waals surface area contributed by atoms with Crippen molar-refractivity contribution in [2.24, 2.45) is 5.92 Å². The zero-order valence-electron chi connectivity index (χ0n) is 11.9. The van der Waals surface area contributed by atoms with Crippen LogP contribution in [0.2, 0.25) is 0 Å². The molecule has 0 spiro atoms. The number of rotatable bonds is 5. The number of amides is 1. The van der Waals surface area contributed by atoms with E-state index in [0.29, 0.717) is 5.56 Å². The molecular formula is C15H21NO3. The lowest BCUT2D eigenvalue weighted by molar-refractivity contribution is -0.138. The van der Waals surface area contributed by atoms with E-state index in [4.69, 9.17) is 5.11 Å². The van der Waals surface area contributed by atoms with Crippen LogP contribution in [0, 0.1) is 12.8 Å². The molecule has 4 heteroatoms. The molecule has 2 N–H and O–H groups in total. The minimum absolute atomic E-state index is 0.0259. The van der Waals surface area contributed by atoms with Crippen LogP contribution in [0.4, 0.5) is 0 Å². The first-order chi connectivity index (χ1) is 8.74. The van der Waals surface area contributed by atoms with Crippen molar-refractivity contribution in [2.75, 3.05) is 0 Å². The lowest BCUT2D eigenvalue weighted by Gasteiger charge is -2.33. The smallest absolute Gasteiger partial charge is 0.305 e. The van der Waals surface area contributed by atoms with E-state index >= 15 is 0 Å². The van der Waals surface area contributed by atoms with E-state index in [2.05, 4.69) is 5.32 Å². The molecule has 0 fully saturated rings. The summed E-state index contributed by atoms with van der Waals surface area (Å²) in [5, 5.41) is 11.8. The van der Waals surface area contributed by atoms with Gasteiger partial charge in [0.1, 0.15) is 0 Å². The fourth-order valence-electron chi connectivity index (χ4n) is 1.74. The van der Waals surface area contributed by atoms with Crippen molar-refractivity contribution in [3.05, 3.63) is 35.4 Å². The van der Waals surface area contributed by atoms with Gasteiger partial charge in [-0.25, -0.2) is 0 Å². The second-order valence-corrected chi connectivity index (χ2v) is 5.46. The maximum absolute atomic E-state index is 12.2. The van der Waals surface area contributed by atoms with Crippen LogP contribution < -0.4 is 5.32 Å². The Hall–Kier alpha value is -1.84. The molecule has 1 rings (SSSR count). The van der Waals surface area contributed by atoms with E-state index in [1.807, 2.05) is 32.9 Å². The van der Waals surface area contributed by atoms with Crippen molar-refractivity contribution < 1.29 is 14.7 Å². The van der Waals surface area contributed by atoms with Gasteiger partial charge in [0.15, 0.2) is 0 Å². The van der Waals surface area contributed by atoms with Gasteiger partial charge in [0.05, 0.1) is 12.0 Å². The molecule has 4 nitrogen and oxygen atoms in total. The van der Waals surface area contributed by atoms with E-state index < -0.39 is 11.5 Å². The Morgan fingerprint density at radius 3 is 2.21 bits per heavy atom. The first-order valence-corrected chi connectivity index (χ1v) is 6.35. The van der Waals surface area contributed by atoms with E-state index in [1.165, 1.54) is 0 Å². The zero-order chi connectivity index (χ0) is 14.6. The van der Waals surface area contributed by atoms with E-state index in [-0.39, 0.29) is 18.2 Å². The zero-order valence-corrected chi connectivity index (χ0v) is 11.9. The molecule has 1 aromatic rings. The highest BCUT2D eigenvalue weighted by Crippen LogP contribution is 2.21. The number of aliphatic carboxylic acids is 1. The summed E-state index contributed by atoms with van der Waals surface area (Å²) in [7, 11) is 0. The van der Waals surface area contributed by atoms with Gasteiger partial charge in [-0.05, 0) is 31.9 Å². The van der Waals surface area contributed by atoms with Gasteiger partial charge in [-0.15, -0.1) is 0 Å². The molecule has 0 saturated heterocycles. The second kappa shape index (κ2) is 5.87. The first-order valence-electron chi connectivity index (χ1n) is 6.35. The fourth-order valence-corrected chi connectivity index (χ4v) is 1.74. The van der Waals surface area contributed by atoms with Gasteiger partial charge in [0.25, 0.3) is 5.91 Å². The number of hydrogen-bond donors (Lipinski definition) is 2. The number of carboxylic acids is 1.